The zero-order valence-corrected chi connectivity index (χ0v) is 7.65. The van der Waals surface area contributed by atoms with Crippen LogP contribution in [-0.4, -0.2) is 4.92 Å². The number of nitro benzene ring substituents is 1. The monoisotopic (exact) mass is 183 g/mol. The molecule has 0 fully saturated rings. The third-order valence-electron chi connectivity index (χ3n) is 1.25. The van der Waals surface area contributed by atoms with Gasteiger partial charge in [-0.05, 0) is 12.1 Å². The van der Waals surface area contributed by atoms with Crippen LogP contribution < -0.4 is 11.5 Å². The molecule has 0 unspecified atom stereocenters. The van der Waals surface area contributed by atoms with Gasteiger partial charge in [-0.2, -0.15) is 0 Å². The lowest BCUT2D eigenvalue weighted by Gasteiger charge is -1.96. The van der Waals surface area contributed by atoms with E-state index in [1.807, 2.05) is 13.8 Å². The molecule has 1 aromatic rings. The summed E-state index contributed by atoms with van der Waals surface area (Å²) in [6, 6.07) is 4.08. The number of benzene rings is 1. The number of hydrogen-bond acceptors (Lipinski definition) is 4. The van der Waals surface area contributed by atoms with Crippen molar-refractivity contribution in [1.82, 2.24) is 0 Å². The van der Waals surface area contributed by atoms with Gasteiger partial charge >= 0.3 is 0 Å². The van der Waals surface area contributed by atoms with Crippen molar-refractivity contribution in [3.63, 3.8) is 0 Å². The number of nitrogen functional groups attached to an aromatic ring is 2. The van der Waals surface area contributed by atoms with E-state index in [4.69, 9.17) is 11.5 Å². The van der Waals surface area contributed by atoms with E-state index in [2.05, 4.69) is 0 Å². The molecular formula is C8H13N3O2. The molecule has 0 saturated heterocycles. The summed E-state index contributed by atoms with van der Waals surface area (Å²) in [5.41, 5.74) is 11.0. The normalized spacial score (nSPS) is 8.46. The van der Waals surface area contributed by atoms with Crippen molar-refractivity contribution < 1.29 is 4.92 Å². The summed E-state index contributed by atoms with van der Waals surface area (Å²) in [6.07, 6.45) is 0. The lowest BCUT2D eigenvalue weighted by molar-refractivity contribution is -0.383. The molecule has 0 heterocycles. The lowest BCUT2D eigenvalue weighted by Crippen LogP contribution is -1.96. The average Bonchev–Trinajstić information content (AvgIpc) is 2.07. The first-order valence-electron chi connectivity index (χ1n) is 3.90. The largest absolute Gasteiger partial charge is 0.399 e. The average molecular weight is 183 g/mol. The smallest absolute Gasteiger partial charge is 0.292 e. The number of nitrogens with two attached hydrogens (primary N) is 2. The number of nitro groups is 1. The van der Waals surface area contributed by atoms with Crippen LogP contribution in [0.2, 0.25) is 0 Å². The summed E-state index contributed by atoms with van der Waals surface area (Å²) < 4.78 is 0. The van der Waals surface area contributed by atoms with E-state index in [-0.39, 0.29) is 11.4 Å². The van der Waals surface area contributed by atoms with Crippen LogP contribution in [0.3, 0.4) is 0 Å². The first kappa shape index (κ1) is 11.2. The molecule has 5 nitrogen and oxygen atoms in total. The van der Waals surface area contributed by atoms with Gasteiger partial charge in [0.15, 0.2) is 0 Å². The van der Waals surface area contributed by atoms with E-state index < -0.39 is 4.92 Å². The predicted octanol–water partition coefficient (Wildman–Crippen LogP) is 1.79. The van der Waals surface area contributed by atoms with E-state index in [0.29, 0.717) is 5.69 Å². The zero-order chi connectivity index (χ0) is 10.4. The number of hydrogen-bond donors (Lipinski definition) is 2. The Hall–Kier alpha value is -1.78. The predicted molar refractivity (Wildman–Crippen MR) is 53.3 cm³/mol. The van der Waals surface area contributed by atoms with E-state index in [1.165, 1.54) is 18.2 Å². The van der Waals surface area contributed by atoms with Crippen molar-refractivity contribution in [2.24, 2.45) is 0 Å². The van der Waals surface area contributed by atoms with Crippen LogP contribution in [0, 0.1) is 10.1 Å². The van der Waals surface area contributed by atoms with Crippen LogP contribution in [0.25, 0.3) is 0 Å². The van der Waals surface area contributed by atoms with E-state index in [1.54, 1.807) is 0 Å². The summed E-state index contributed by atoms with van der Waals surface area (Å²) in [4.78, 5) is 9.67. The van der Waals surface area contributed by atoms with E-state index in [9.17, 15) is 10.1 Å². The third-order valence-corrected chi connectivity index (χ3v) is 1.25. The minimum Gasteiger partial charge on any atom is -0.399 e. The highest BCUT2D eigenvalue weighted by molar-refractivity contribution is 5.64. The van der Waals surface area contributed by atoms with Crippen molar-refractivity contribution in [3.05, 3.63) is 28.3 Å². The van der Waals surface area contributed by atoms with Crippen molar-refractivity contribution in [2.75, 3.05) is 11.5 Å². The van der Waals surface area contributed by atoms with Gasteiger partial charge in [0.25, 0.3) is 5.69 Å². The number of anilines is 2. The molecule has 0 amide bonds. The highest BCUT2D eigenvalue weighted by Crippen LogP contribution is 2.22. The zero-order valence-electron chi connectivity index (χ0n) is 7.65. The molecule has 0 aliphatic carbocycles. The fourth-order valence-corrected chi connectivity index (χ4v) is 0.739. The fourth-order valence-electron chi connectivity index (χ4n) is 0.739. The molecule has 0 aliphatic heterocycles. The standard InChI is InChI=1S/C6H7N3O2.C2H6/c7-4-1-2-6(9(10)11)5(8)3-4;1-2/h1-3H,7-8H2;1-2H3. The van der Waals surface area contributed by atoms with Gasteiger partial charge in [0, 0.05) is 11.8 Å². The summed E-state index contributed by atoms with van der Waals surface area (Å²) in [5.74, 6) is 0. The number of rotatable bonds is 1. The second-order valence-electron chi connectivity index (χ2n) is 2.08. The molecule has 0 atom stereocenters. The molecule has 1 rings (SSSR count). The Bertz CT molecular complexity index is 299. The minimum atomic E-state index is -0.547. The second kappa shape index (κ2) is 4.97. The first-order valence-corrected chi connectivity index (χ1v) is 3.90. The summed E-state index contributed by atoms with van der Waals surface area (Å²) in [6.45, 7) is 4.00. The van der Waals surface area contributed by atoms with Crippen LogP contribution in [-0.2, 0) is 0 Å². The Balaban J connectivity index is 0.000000671. The molecule has 4 N–H and O–H groups in total. The molecule has 5 heteroatoms. The van der Waals surface area contributed by atoms with Crippen LogP contribution >= 0.6 is 0 Å². The van der Waals surface area contributed by atoms with Gasteiger partial charge in [-0.3, -0.25) is 10.1 Å². The highest BCUT2D eigenvalue weighted by Gasteiger charge is 2.09. The lowest BCUT2D eigenvalue weighted by atomic mass is 10.2. The maximum Gasteiger partial charge on any atom is 0.292 e. The van der Waals surface area contributed by atoms with Crippen molar-refractivity contribution in [2.45, 2.75) is 13.8 Å². The SMILES string of the molecule is CC.Nc1ccc([N+](=O)[O-])c(N)c1. The molecule has 0 aromatic heterocycles. The van der Waals surface area contributed by atoms with Crippen LogP contribution in [0.15, 0.2) is 18.2 Å². The third kappa shape index (κ3) is 2.98. The molecule has 0 bridgehead atoms. The molecule has 13 heavy (non-hydrogen) atoms. The number of nitrogens with zero attached hydrogens (tertiary/aromatic N) is 1. The van der Waals surface area contributed by atoms with Crippen LogP contribution in [0.1, 0.15) is 13.8 Å². The summed E-state index contributed by atoms with van der Waals surface area (Å²) in [7, 11) is 0. The van der Waals surface area contributed by atoms with Crippen molar-refractivity contribution in [3.8, 4) is 0 Å². The van der Waals surface area contributed by atoms with Gasteiger partial charge in [0.2, 0.25) is 0 Å². The quantitative estimate of drug-likeness (QED) is 0.394. The highest BCUT2D eigenvalue weighted by atomic mass is 16.6. The summed E-state index contributed by atoms with van der Waals surface area (Å²) >= 11 is 0. The van der Waals surface area contributed by atoms with Crippen LogP contribution in [0.4, 0.5) is 17.1 Å². The second-order valence-corrected chi connectivity index (χ2v) is 2.08. The first-order chi connectivity index (χ1) is 6.11. The Morgan fingerprint density at radius 1 is 1.31 bits per heavy atom. The van der Waals surface area contributed by atoms with Crippen molar-refractivity contribution >= 4 is 17.1 Å². The van der Waals surface area contributed by atoms with E-state index >= 15 is 0 Å². The molecule has 1 aromatic carbocycles. The topological polar surface area (TPSA) is 95.2 Å². The Morgan fingerprint density at radius 2 is 1.85 bits per heavy atom. The maximum absolute atomic E-state index is 10.2. The Kier molecular flexibility index (Phi) is 4.29. The van der Waals surface area contributed by atoms with Gasteiger partial charge in [0.1, 0.15) is 5.69 Å². The molecule has 0 radical (unpaired) electrons. The maximum atomic E-state index is 10.2. The minimum absolute atomic E-state index is 0.0926. The van der Waals surface area contributed by atoms with Gasteiger partial charge in [0.05, 0.1) is 4.92 Å². The molecule has 0 aliphatic rings. The van der Waals surface area contributed by atoms with Crippen molar-refractivity contribution in [1.29, 1.82) is 0 Å². The van der Waals surface area contributed by atoms with Gasteiger partial charge < -0.3 is 11.5 Å². The summed E-state index contributed by atoms with van der Waals surface area (Å²) in [5, 5.41) is 10.2. The van der Waals surface area contributed by atoms with E-state index in [0.717, 1.165) is 0 Å². The Labute approximate surface area is 76.5 Å². The molecule has 0 spiro atoms. The van der Waals surface area contributed by atoms with Gasteiger partial charge in [-0.15, -0.1) is 0 Å². The van der Waals surface area contributed by atoms with Gasteiger partial charge in [-0.1, -0.05) is 13.8 Å². The molecule has 0 saturated carbocycles. The Morgan fingerprint density at radius 3 is 2.23 bits per heavy atom. The fraction of sp³-hybridized carbons (Fsp3) is 0.250. The molecule has 72 valence electrons. The van der Waals surface area contributed by atoms with Crippen LogP contribution in [0.5, 0.6) is 0 Å². The molecular weight excluding hydrogens is 170 g/mol. The van der Waals surface area contributed by atoms with Gasteiger partial charge in [-0.25, -0.2) is 0 Å².